The van der Waals surface area contributed by atoms with Crippen molar-refractivity contribution in [1.29, 1.82) is 0 Å². The monoisotopic (exact) mass is 379 g/mol. The van der Waals surface area contributed by atoms with Gasteiger partial charge in [0, 0.05) is 26.0 Å². The Bertz CT molecular complexity index is 863. The van der Waals surface area contributed by atoms with E-state index in [4.69, 9.17) is 9.47 Å². The van der Waals surface area contributed by atoms with Crippen molar-refractivity contribution >= 4 is 10.0 Å². The van der Waals surface area contributed by atoms with Crippen LogP contribution in [0.15, 0.2) is 35.4 Å². The third-order valence-electron chi connectivity index (χ3n) is 4.59. The summed E-state index contributed by atoms with van der Waals surface area (Å²) in [4.78, 5) is 0.196. The number of benzene rings is 1. The Labute approximate surface area is 154 Å². The van der Waals surface area contributed by atoms with E-state index < -0.39 is 10.0 Å². The molecule has 1 aliphatic heterocycles. The smallest absolute Gasteiger partial charge is 0.247 e. The van der Waals surface area contributed by atoms with Crippen molar-refractivity contribution in [3.05, 3.63) is 41.7 Å². The third kappa shape index (κ3) is 3.62. The zero-order chi connectivity index (χ0) is 18.7. The minimum Gasteiger partial charge on any atom is -0.495 e. The Morgan fingerprint density at radius 2 is 2.12 bits per heavy atom. The highest BCUT2D eigenvalue weighted by Gasteiger charge is 2.35. The first-order chi connectivity index (χ1) is 12.5. The van der Waals surface area contributed by atoms with Crippen molar-refractivity contribution < 1.29 is 17.9 Å². The first-order valence-corrected chi connectivity index (χ1v) is 10.2. The summed E-state index contributed by atoms with van der Waals surface area (Å²) in [6.45, 7) is 5.72. The summed E-state index contributed by atoms with van der Waals surface area (Å²) in [6, 6.07) is 6.96. The molecule has 2 aromatic rings. The highest BCUT2D eigenvalue weighted by atomic mass is 32.2. The van der Waals surface area contributed by atoms with Gasteiger partial charge in [0.2, 0.25) is 10.0 Å². The van der Waals surface area contributed by atoms with Crippen LogP contribution in [0.3, 0.4) is 0 Å². The van der Waals surface area contributed by atoms with E-state index in [1.165, 1.54) is 11.4 Å². The second-order valence-electron chi connectivity index (χ2n) is 6.36. The van der Waals surface area contributed by atoms with Crippen molar-refractivity contribution in [3.63, 3.8) is 0 Å². The molecule has 1 aromatic carbocycles. The molecule has 0 spiro atoms. The topological polar surface area (TPSA) is 73.7 Å². The van der Waals surface area contributed by atoms with Gasteiger partial charge in [0.15, 0.2) is 0 Å². The highest BCUT2D eigenvalue weighted by molar-refractivity contribution is 7.89. The number of methoxy groups -OCH3 is 1. The summed E-state index contributed by atoms with van der Waals surface area (Å²) in [6.07, 6.45) is 2.42. The molecule has 0 unspecified atom stereocenters. The number of hydrogen-bond acceptors (Lipinski definition) is 5. The van der Waals surface area contributed by atoms with E-state index in [1.54, 1.807) is 24.4 Å². The molecule has 0 radical (unpaired) electrons. The van der Waals surface area contributed by atoms with Gasteiger partial charge in [-0.15, -0.1) is 0 Å². The Hall–Kier alpha value is -1.90. The molecule has 26 heavy (non-hydrogen) atoms. The molecular weight excluding hydrogens is 354 g/mol. The first kappa shape index (κ1) is 18.9. The van der Waals surface area contributed by atoms with Crippen LogP contribution in [-0.2, 0) is 21.3 Å². The molecule has 0 aliphatic carbocycles. The quantitative estimate of drug-likeness (QED) is 0.691. The minimum atomic E-state index is -3.68. The fourth-order valence-corrected chi connectivity index (χ4v) is 4.83. The van der Waals surface area contributed by atoms with E-state index in [-0.39, 0.29) is 10.9 Å². The van der Waals surface area contributed by atoms with Gasteiger partial charge in [-0.05, 0) is 44.0 Å². The van der Waals surface area contributed by atoms with Crippen molar-refractivity contribution in [3.8, 4) is 5.75 Å². The molecule has 1 atom stereocenters. The average Bonchev–Trinajstić information content (AvgIpc) is 3.10. The molecule has 3 rings (SSSR count). The van der Waals surface area contributed by atoms with Gasteiger partial charge in [0.05, 0.1) is 25.4 Å². The molecule has 0 saturated heterocycles. The van der Waals surface area contributed by atoms with Crippen molar-refractivity contribution in [2.24, 2.45) is 0 Å². The second-order valence-corrected chi connectivity index (χ2v) is 8.26. The van der Waals surface area contributed by atoms with Crippen LogP contribution in [0.5, 0.6) is 5.75 Å². The Kier molecular flexibility index (Phi) is 5.64. The predicted octanol–water partition coefficient (Wildman–Crippen LogP) is 2.37. The number of hydrogen-bond donors (Lipinski definition) is 0. The summed E-state index contributed by atoms with van der Waals surface area (Å²) in [5, 5.41) is 4.37. The molecule has 1 aromatic heterocycles. The van der Waals surface area contributed by atoms with Gasteiger partial charge in [-0.3, -0.25) is 4.68 Å². The second kappa shape index (κ2) is 7.77. The standard InChI is InChI=1S/C18H25N3O4S/c1-4-25-10-8-16-13-20(12-15-7-9-19-21(15)16)26(22,23)18-6-5-14(2)11-17(18)24-3/h5-7,9,11,16H,4,8,10,12-13H2,1-3H3/t16-/m1/s1. The zero-order valence-corrected chi connectivity index (χ0v) is 16.2. The molecule has 0 amide bonds. The van der Waals surface area contributed by atoms with Crippen LogP contribution in [0.2, 0.25) is 0 Å². The summed E-state index contributed by atoms with van der Waals surface area (Å²) in [7, 11) is -2.19. The number of aryl methyl sites for hydroxylation is 1. The van der Waals surface area contributed by atoms with Crippen molar-refractivity contribution in [1.82, 2.24) is 14.1 Å². The van der Waals surface area contributed by atoms with Gasteiger partial charge < -0.3 is 9.47 Å². The van der Waals surface area contributed by atoms with Crippen molar-refractivity contribution in [2.45, 2.75) is 37.8 Å². The Morgan fingerprint density at radius 3 is 2.85 bits per heavy atom. The van der Waals surface area contributed by atoms with Gasteiger partial charge >= 0.3 is 0 Å². The Balaban J connectivity index is 1.91. The summed E-state index contributed by atoms with van der Waals surface area (Å²) >= 11 is 0. The van der Waals surface area contributed by atoms with Crippen LogP contribution in [0, 0.1) is 6.92 Å². The summed E-state index contributed by atoms with van der Waals surface area (Å²) in [5.74, 6) is 0.370. The van der Waals surface area contributed by atoms with Crippen LogP contribution in [-0.4, -0.2) is 49.4 Å². The van der Waals surface area contributed by atoms with Crippen LogP contribution >= 0.6 is 0 Å². The van der Waals surface area contributed by atoms with Crippen LogP contribution in [0.25, 0.3) is 0 Å². The molecule has 0 N–H and O–H groups in total. The lowest BCUT2D eigenvalue weighted by molar-refractivity contribution is 0.121. The fraction of sp³-hybridized carbons (Fsp3) is 0.500. The van der Waals surface area contributed by atoms with Crippen molar-refractivity contribution in [2.75, 3.05) is 26.9 Å². The fourth-order valence-electron chi connectivity index (χ4n) is 3.24. The lowest BCUT2D eigenvalue weighted by Crippen LogP contribution is -2.41. The number of nitrogens with zero attached hydrogens (tertiary/aromatic N) is 3. The average molecular weight is 379 g/mol. The first-order valence-electron chi connectivity index (χ1n) is 8.72. The number of sulfonamides is 1. The van der Waals surface area contributed by atoms with Crippen LogP contribution in [0.1, 0.15) is 30.6 Å². The van der Waals surface area contributed by atoms with E-state index in [0.717, 1.165) is 11.3 Å². The number of rotatable bonds is 7. The molecule has 0 fully saturated rings. The van der Waals surface area contributed by atoms with Gasteiger partial charge in [-0.2, -0.15) is 9.40 Å². The molecule has 0 saturated carbocycles. The zero-order valence-electron chi connectivity index (χ0n) is 15.4. The summed E-state index contributed by atoms with van der Waals surface area (Å²) in [5.41, 5.74) is 1.83. The largest absolute Gasteiger partial charge is 0.495 e. The number of fused-ring (bicyclic) bond motifs is 1. The van der Waals surface area contributed by atoms with E-state index >= 15 is 0 Å². The molecular formula is C18H25N3O4S. The van der Waals surface area contributed by atoms with Gasteiger partial charge in [-0.1, -0.05) is 6.07 Å². The van der Waals surface area contributed by atoms with Gasteiger partial charge in [-0.25, -0.2) is 8.42 Å². The van der Waals surface area contributed by atoms with E-state index in [0.29, 0.717) is 38.5 Å². The number of ether oxygens (including phenoxy) is 2. The van der Waals surface area contributed by atoms with E-state index in [9.17, 15) is 8.42 Å². The van der Waals surface area contributed by atoms with Crippen LogP contribution in [0.4, 0.5) is 0 Å². The molecule has 1 aliphatic rings. The molecule has 0 bridgehead atoms. The van der Waals surface area contributed by atoms with E-state index in [1.807, 2.05) is 24.6 Å². The maximum atomic E-state index is 13.3. The summed E-state index contributed by atoms with van der Waals surface area (Å²) < 4.78 is 40.7. The normalized spacial score (nSPS) is 17.9. The lowest BCUT2D eigenvalue weighted by atomic mass is 10.1. The minimum absolute atomic E-state index is 0.0495. The predicted molar refractivity (Wildman–Crippen MR) is 97.7 cm³/mol. The maximum Gasteiger partial charge on any atom is 0.247 e. The maximum absolute atomic E-state index is 13.3. The van der Waals surface area contributed by atoms with Crippen LogP contribution < -0.4 is 4.74 Å². The third-order valence-corrected chi connectivity index (χ3v) is 6.44. The highest BCUT2D eigenvalue weighted by Crippen LogP contribution is 2.32. The van der Waals surface area contributed by atoms with Gasteiger partial charge in [0.1, 0.15) is 10.6 Å². The van der Waals surface area contributed by atoms with Gasteiger partial charge in [0.25, 0.3) is 0 Å². The van der Waals surface area contributed by atoms with E-state index in [2.05, 4.69) is 5.10 Å². The lowest BCUT2D eigenvalue weighted by Gasteiger charge is -2.33. The molecule has 142 valence electrons. The SMILES string of the molecule is CCOCC[C@@H]1CN(S(=O)(=O)c2ccc(C)cc2OC)Cc2ccnn21. The Morgan fingerprint density at radius 1 is 1.31 bits per heavy atom. The molecule has 8 heteroatoms. The molecule has 2 heterocycles. The number of aromatic nitrogens is 2. The molecule has 7 nitrogen and oxygen atoms in total.